The summed E-state index contributed by atoms with van der Waals surface area (Å²) in [5.41, 5.74) is 0.633. The number of ether oxygens (including phenoxy) is 1. The number of hydrogen-bond donors (Lipinski definition) is 1. The summed E-state index contributed by atoms with van der Waals surface area (Å²) in [5, 5.41) is 17.2. The summed E-state index contributed by atoms with van der Waals surface area (Å²) in [7, 11) is 1.72. The van der Waals surface area contributed by atoms with Crippen molar-refractivity contribution in [2.75, 3.05) is 13.2 Å². The lowest BCUT2D eigenvalue weighted by Gasteiger charge is -2.10. The van der Waals surface area contributed by atoms with Crippen LogP contribution in [0.15, 0.2) is 4.60 Å². The Morgan fingerprint density at radius 1 is 1.69 bits per heavy atom. The van der Waals surface area contributed by atoms with Gasteiger partial charge in [0.05, 0.1) is 6.61 Å². The normalized spacial score (nSPS) is 13.2. The maximum Gasteiger partial charge on any atom is 0.154 e. The van der Waals surface area contributed by atoms with E-state index in [2.05, 4.69) is 26.2 Å². The number of halogens is 1. The fraction of sp³-hybridized carbons (Fsp3) is 0.714. The molecule has 0 spiro atoms. The van der Waals surface area contributed by atoms with E-state index in [0.29, 0.717) is 16.9 Å². The molecule has 0 saturated carbocycles. The number of hydrogen-bond acceptors (Lipinski definition) is 4. The van der Waals surface area contributed by atoms with E-state index in [1.165, 1.54) is 4.68 Å². The van der Waals surface area contributed by atoms with Crippen molar-refractivity contribution in [3.8, 4) is 0 Å². The molecule has 0 bridgehead atoms. The Hall–Kier alpha value is -0.460. The van der Waals surface area contributed by atoms with Crippen molar-refractivity contribution >= 4 is 15.9 Å². The van der Waals surface area contributed by atoms with E-state index in [-0.39, 0.29) is 6.61 Å². The number of aromatic nitrogens is 3. The predicted molar refractivity (Wildman–Crippen MR) is 50.2 cm³/mol. The second kappa shape index (κ2) is 4.69. The minimum atomic E-state index is -0.686. The molecular formula is C7H12BrN3O2. The van der Waals surface area contributed by atoms with Crippen molar-refractivity contribution in [3.05, 3.63) is 10.3 Å². The molecule has 0 aliphatic rings. The van der Waals surface area contributed by atoms with Gasteiger partial charge in [0.25, 0.3) is 0 Å². The van der Waals surface area contributed by atoms with Crippen LogP contribution in [-0.2, 0) is 11.8 Å². The summed E-state index contributed by atoms with van der Waals surface area (Å²) in [5.74, 6) is 0. The van der Waals surface area contributed by atoms with E-state index >= 15 is 0 Å². The molecule has 0 amide bonds. The van der Waals surface area contributed by atoms with Gasteiger partial charge in [-0.2, -0.15) is 0 Å². The molecule has 6 heteroatoms. The molecule has 1 aromatic heterocycles. The molecule has 1 aromatic rings. The van der Waals surface area contributed by atoms with Crippen molar-refractivity contribution in [1.82, 2.24) is 15.0 Å². The van der Waals surface area contributed by atoms with Crippen molar-refractivity contribution < 1.29 is 9.84 Å². The minimum Gasteiger partial charge on any atom is -0.384 e. The molecular weight excluding hydrogens is 238 g/mol. The van der Waals surface area contributed by atoms with Gasteiger partial charge in [0.2, 0.25) is 0 Å². The van der Waals surface area contributed by atoms with Crippen LogP contribution in [0, 0.1) is 0 Å². The average Bonchev–Trinajstić information content (AvgIpc) is 2.42. The molecule has 1 atom stereocenters. The zero-order chi connectivity index (χ0) is 9.84. The summed E-state index contributed by atoms with van der Waals surface area (Å²) in [6.07, 6.45) is -0.686. The van der Waals surface area contributed by atoms with Crippen LogP contribution in [0.3, 0.4) is 0 Å². The van der Waals surface area contributed by atoms with E-state index in [9.17, 15) is 5.11 Å². The molecule has 1 N–H and O–H groups in total. The highest BCUT2D eigenvalue weighted by atomic mass is 79.9. The fourth-order valence-corrected chi connectivity index (χ4v) is 1.59. The first kappa shape index (κ1) is 10.6. The Morgan fingerprint density at radius 2 is 2.38 bits per heavy atom. The zero-order valence-electron chi connectivity index (χ0n) is 7.57. The van der Waals surface area contributed by atoms with Gasteiger partial charge in [-0.15, -0.1) is 5.10 Å². The Kier molecular flexibility index (Phi) is 3.83. The molecule has 0 aliphatic heterocycles. The zero-order valence-corrected chi connectivity index (χ0v) is 9.15. The van der Waals surface area contributed by atoms with Gasteiger partial charge in [0.15, 0.2) is 4.60 Å². The summed E-state index contributed by atoms with van der Waals surface area (Å²) in [6.45, 7) is 2.72. The molecule has 0 fully saturated rings. The Morgan fingerprint density at radius 3 is 2.85 bits per heavy atom. The van der Waals surface area contributed by atoms with E-state index in [0.717, 1.165) is 0 Å². The van der Waals surface area contributed by atoms with Crippen LogP contribution < -0.4 is 0 Å². The van der Waals surface area contributed by atoms with Gasteiger partial charge >= 0.3 is 0 Å². The maximum atomic E-state index is 9.65. The lowest BCUT2D eigenvalue weighted by atomic mass is 10.3. The molecule has 74 valence electrons. The molecule has 1 unspecified atom stereocenters. The molecule has 0 saturated heterocycles. The van der Waals surface area contributed by atoms with Crippen LogP contribution in [0.5, 0.6) is 0 Å². The first-order valence-corrected chi connectivity index (χ1v) is 4.77. The van der Waals surface area contributed by atoms with E-state index in [4.69, 9.17) is 4.74 Å². The van der Waals surface area contributed by atoms with Gasteiger partial charge in [-0.1, -0.05) is 5.21 Å². The van der Waals surface area contributed by atoms with Gasteiger partial charge < -0.3 is 9.84 Å². The monoisotopic (exact) mass is 249 g/mol. The number of aliphatic hydroxyl groups is 1. The second-order valence-corrected chi connectivity index (χ2v) is 3.32. The van der Waals surface area contributed by atoms with Gasteiger partial charge in [0.1, 0.15) is 11.8 Å². The summed E-state index contributed by atoms with van der Waals surface area (Å²) in [4.78, 5) is 0. The van der Waals surface area contributed by atoms with Gasteiger partial charge in [0, 0.05) is 13.7 Å². The molecule has 0 radical (unpaired) electrons. The molecule has 1 rings (SSSR count). The molecule has 0 aromatic carbocycles. The van der Waals surface area contributed by atoms with Crippen LogP contribution in [0.2, 0.25) is 0 Å². The number of rotatable bonds is 4. The van der Waals surface area contributed by atoms with E-state index in [1.807, 2.05) is 6.92 Å². The van der Waals surface area contributed by atoms with Crippen LogP contribution in [-0.4, -0.2) is 33.3 Å². The highest BCUT2D eigenvalue weighted by Gasteiger charge is 2.17. The Balaban J connectivity index is 2.69. The number of aryl methyl sites for hydroxylation is 1. The smallest absolute Gasteiger partial charge is 0.154 e. The lowest BCUT2D eigenvalue weighted by Crippen LogP contribution is -2.12. The standard InChI is InChI=1S/C7H12BrN3O2/c1-3-13-4-5(12)6-7(8)9-10-11(6)2/h5,12H,3-4H2,1-2H3. The van der Waals surface area contributed by atoms with Crippen LogP contribution in [0.25, 0.3) is 0 Å². The fourth-order valence-electron chi connectivity index (χ4n) is 1.00. The first-order valence-electron chi connectivity index (χ1n) is 3.97. The minimum absolute atomic E-state index is 0.260. The highest BCUT2D eigenvalue weighted by Crippen LogP contribution is 2.20. The topological polar surface area (TPSA) is 60.2 Å². The second-order valence-electron chi connectivity index (χ2n) is 2.56. The Labute approximate surface area is 84.8 Å². The lowest BCUT2D eigenvalue weighted by molar-refractivity contribution is 0.0374. The molecule has 5 nitrogen and oxygen atoms in total. The van der Waals surface area contributed by atoms with Crippen LogP contribution in [0.1, 0.15) is 18.7 Å². The van der Waals surface area contributed by atoms with Crippen LogP contribution in [0.4, 0.5) is 0 Å². The van der Waals surface area contributed by atoms with Crippen molar-refractivity contribution in [1.29, 1.82) is 0 Å². The third-order valence-electron chi connectivity index (χ3n) is 1.62. The quantitative estimate of drug-likeness (QED) is 0.852. The molecule has 0 aliphatic carbocycles. The maximum absolute atomic E-state index is 9.65. The SMILES string of the molecule is CCOCC(O)c1c(Br)nnn1C. The van der Waals surface area contributed by atoms with E-state index in [1.54, 1.807) is 7.05 Å². The predicted octanol–water partition coefficient (Wildman–Crippen LogP) is 0.647. The third-order valence-corrected chi connectivity index (χ3v) is 2.19. The van der Waals surface area contributed by atoms with Gasteiger partial charge in [-0.05, 0) is 22.9 Å². The van der Waals surface area contributed by atoms with Crippen molar-refractivity contribution in [3.63, 3.8) is 0 Å². The van der Waals surface area contributed by atoms with Gasteiger partial charge in [-0.25, -0.2) is 4.68 Å². The summed E-state index contributed by atoms with van der Waals surface area (Å²) >= 11 is 3.20. The van der Waals surface area contributed by atoms with Crippen LogP contribution >= 0.6 is 15.9 Å². The number of nitrogens with zero attached hydrogens (tertiary/aromatic N) is 3. The number of aliphatic hydroxyl groups excluding tert-OH is 1. The summed E-state index contributed by atoms with van der Waals surface area (Å²) < 4.78 is 7.17. The summed E-state index contributed by atoms with van der Waals surface area (Å²) in [6, 6.07) is 0. The van der Waals surface area contributed by atoms with Gasteiger partial charge in [-0.3, -0.25) is 0 Å². The van der Waals surface area contributed by atoms with Crippen molar-refractivity contribution in [2.45, 2.75) is 13.0 Å². The first-order chi connectivity index (χ1) is 6.16. The largest absolute Gasteiger partial charge is 0.384 e. The molecule has 13 heavy (non-hydrogen) atoms. The molecule has 1 heterocycles. The average molecular weight is 250 g/mol. The van der Waals surface area contributed by atoms with Crippen molar-refractivity contribution in [2.24, 2.45) is 7.05 Å². The Bertz CT molecular complexity index is 257. The highest BCUT2D eigenvalue weighted by molar-refractivity contribution is 9.10. The third kappa shape index (κ3) is 2.49. The van der Waals surface area contributed by atoms with E-state index < -0.39 is 6.10 Å².